The van der Waals surface area contributed by atoms with Gasteiger partial charge in [-0.2, -0.15) is 0 Å². The molecule has 4 aromatic rings. The number of nitrogens with one attached hydrogen (secondary N) is 1. The molecule has 2 saturated heterocycles. The molecule has 3 fully saturated rings. The van der Waals surface area contributed by atoms with Gasteiger partial charge in [0.05, 0.1) is 22.9 Å². The SMILES string of the molecule is CCCC1(CCC)CC(CN(C)C2C[C@H]3COc4cc5c(cc4N3C2)C(=O)N(C2CCC(=O)NC2=O)C5=O)C1.Cc1ccc(C2c3ccc(OF)cc3CCC2c2ccccc2)cc1. The number of nitrogens with zero attached hydrogens (tertiary/aromatic N) is 3. The first-order valence-corrected chi connectivity index (χ1v) is 23.5. The van der Waals surface area contributed by atoms with E-state index in [0.717, 1.165) is 48.9 Å². The van der Waals surface area contributed by atoms with Crippen LogP contribution >= 0.6 is 0 Å². The van der Waals surface area contributed by atoms with Gasteiger partial charge in [0.1, 0.15) is 18.4 Å². The Balaban J connectivity index is 0.000000178. The van der Waals surface area contributed by atoms with Gasteiger partial charge in [-0.15, -0.1) is 0 Å². The summed E-state index contributed by atoms with van der Waals surface area (Å²) in [4.78, 5) is 60.4. The summed E-state index contributed by atoms with van der Waals surface area (Å²) < 4.78 is 18.7. The maximum absolute atomic E-state index is 13.4. The molecule has 4 aliphatic heterocycles. The number of imide groups is 2. The Kier molecular flexibility index (Phi) is 12.4. The largest absolute Gasteiger partial charge is 0.489 e. The lowest BCUT2D eigenvalue weighted by Crippen LogP contribution is -2.54. The number of benzene rings is 4. The van der Waals surface area contributed by atoms with Crippen LogP contribution in [0.1, 0.15) is 138 Å². The molecule has 4 amide bonds. The molecule has 4 heterocycles. The number of carbonyl (C=O) groups excluding carboxylic acids is 4. The molecule has 0 spiro atoms. The Hall–Kier alpha value is -5.55. The Morgan fingerprint density at radius 1 is 0.859 bits per heavy atom. The van der Waals surface area contributed by atoms with Gasteiger partial charge in [0.25, 0.3) is 11.8 Å². The number of ether oxygens (including phenoxy) is 1. The van der Waals surface area contributed by atoms with Crippen LogP contribution in [0.3, 0.4) is 0 Å². The lowest BCUT2D eigenvalue weighted by molar-refractivity contribution is -0.136. The van der Waals surface area contributed by atoms with Crippen molar-refractivity contribution < 1.29 is 33.4 Å². The average Bonchev–Trinajstić information content (AvgIpc) is 3.84. The molecule has 336 valence electrons. The number of aryl methyl sites for hydroxylation is 2. The van der Waals surface area contributed by atoms with Crippen molar-refractivity contribution >= 4 is 29.3 Å². The van der Waals surface area contributed by atoms with Gasteiger partial charge in [-0.1, -0.05) is 92.9 Å². The summed E-state index contributed by atoms with van der Waals surface area (Å²) in [6, 6.07) is 28.2. The van der Waals surface area contributed by atoms with Gasteiger partial charge >= 0.3 is 0 Å². The number of anilines is 1. The molecule has 1 saturated carbocycles. The van der Waals surface area contributed by atoms with E-state index < -0.39 is 23.8 Å². The van der Waals surface area contributed by atoms with E-state index in [9.17, 15) is 23.7 Å². The summed E-state index contributed by atoms with van der Waals surface area (Å²) in [5.41, 5.74) is 8.40. The molecule has 64 heavy (non-hydrogen) atoms. The van der Waals surface area contributed by atoms with Crippen molar-refractivity contribution in [2.75, 3.05) is 31.6 Å². The average molecular weight is 869 g/mol. The lowest BCUT2D eigenvalue weighted by atomic mass is 9.58. The smallest absolute Gasteiger partial charge is 0.262 e. The van der Waals surface area contributed by atoms with E-state index in [0.29, 0.717) is 41.0 Å². The van der Waals surface area contributed by atoms with Crippen LogP contribution < -0.4 is 19.9 Å². The van der Waals surface area contributed by atoms with Crippen molar-refractivity contribution in [2.24, 2.45) is 11.3 Å². The lowest BCUT2D eigenvalue weighted by Gasteiger charge is -2.50. The van der Waals surface area contributed by atoms with Crippen molar-refractivity contribution in [3.8, 4) is 11.5 Å². The monoisotopic (exact) mass is 868 g/mol. The number of amides is 4. The molecule has 2 aliphatic carbocycles. The number of carbonyl (C=O) groups is 4. The fourth-order valence-corrected chi connectivity index (χ4v) is 12.2. The van der Waals surface area contributed by atoms with Crippen LogP contribution in [0, 0.1) is 18.3 Å². The normalized spacial score (nSPS) is 24.4. The van der Waals surface area contributed by atoms with Gasteiger partial charge in [-0.3, -0.25) is 34.3 Å². The molecular formula is C53H61FN4O6. The summed E-state index contributed by atoms with van der Waals surface area (Å²) in [6.45, 7) is 9.24. The zero-order valence-corrected chi connectivity index (χ0v) is 37.6. The minimum atomic E-state index is -0.967. The Morgan fingerprint density at radius 3 is 2.27 bits per heavy atom. The van der Waals surface area contributed by atoms with E-state index in [1.54, 1.807) is 18.2 Å². The van der Waals surface area contributed by atoms with Crippen molar-refractivity contribution in [1.82, 2.24) is 15.1 Å². The number of piperidine rings is 1. The third-order valence-corrected chi connectivity index (χ3v) is 15.2. The third-order valence-electron chi connectivity index (χ3n) is 15.2. The number of likely N-dealkylation sites (N-methyl/N-ethyl adjacent to an activating group) is 1. The third kappa shape index (κ3) is 8.32. The molecule has 0 bridgehead atoms. The van der Waals surface area contributed by atoms with Crippen LogP contribution in [0.5, 0.6) is 11.5 Å². The van der Waals surface area contributed by atoms with E-state index in [-0.39, 0.29) is 36.3 Å². The van der Waals surface area contributed by atoms with Gasteiger partial charge in [0, 0.05) is 36.0 Å². The first-order chi connectivity index (χ1) is 31.0. The van der Waals surface area contributed by atoms with Gasteiger partial charge in [0.15, 0.2) is 5.75 Å². The zero-order chi connectivity index (χ0) is 44.7. The first kappa shape index (κ1) is 43.7. The maximum atomic E-state index is 13.4. The molecule has 6 aliphatic rings. The standard InChI is InChI=1S/C30H40N4O5.C23H21FO/c1-4-8-30(9-5-2)13-18(14-30)15-32(3)19-10-20-17-39-25-12-22-21(11-24(25)33(20)16-19)28(37)34(29(22)38)23-6-7-26(35)31-27(23)36;1-16-7-9-18(10-8-16)23-21(17-5-3-2-4-6-17)13-11-19-15-20(25-24)12-14-22(19)23/h11-12,18-20,23H,4-10,13-17H2,1-3H3,(H,31,35,36);2-10,12,14-15,21,23H,11,13H2,1H3/t19?,20-,23?;/m0./s1. The first-order valence-electron chi connectivity index (χ1n) is 23.5. The van der Waals surface area contributed by atoms with Gasteiger partial charge < -0.3 is 14.5 Å². The highest BCUT2D eigenvalue weighted by atomic mass is 19.3. The van der Waals surface area contributed by atoms with Crippen LogP contribution in [-0.4, -0.2) is 78.3 Å². The van der Waals surface area contributed by atoms with E-state index in [1.807, 2.05) is 12.1 Å². The van der Waals surface area contributed by atoms with Crippen molar-refractivity contribution in [3.05, 3.63) is 124 Å². The van der Waals surface area contributed by atoms with Gasteiger partial charge in [-0.05, 0) is 129 Å². The molecule has 11 heteroatoms. The molecule has 4 aromatic carbocycles. The second-order valence-corrected chi connectivity index (χ2v) is 19.4. The van der Waals surface area contributed by atoms with Crippen molar-refractivity contribution in [2.45, 2.75) is 121 Å². The highest BCUT2D eigenvalue weighted by molar-refractivity contribution is 6.24. The quantitative estimate of drug-likeness (QED) is 0.149. The molecule has 5 atom stereocenters. The fourth-order valence-electron chi connectivity index (χ4n) is 12.2. The van der Waals surface area contributed by atoms with E-state index in [1.165, 1.54) is 66.3 Å². The molecule has 0 radical (unpaired) electrons. The van der Waals surface area contributed by atoms with Crippen molar-refractivity contribution in [3.63, 3.8) is 0 Å². The Morgan fingerprint density at radius 2 is 1.58 bits per heavy atom. The van der Waals surface area contributed by atoms with Crippen LogP contribution in [0.4, 0.5) is 10.2 Å². The molecule has 1 N–H and O–H groups in total. The van der Waals surface area contributed by atoms with Gasteiger partial charge in [-0.25, -0.2) is 0 Å². The predicted octanol–water partition coefficient (Wildman–Crippen LogP) is 9.48. The number of fused-ring (bicyclic) bond motifs is 5. The van der Waals surface area contributed by atoms with Crippen LogP contribution in [0.2, 0.25) is 0 Å². The summed E-state index contributed by atoms with van der Waals surface area (Å²) in [6.07, 6.45) is 11.2. The molecule has 10 rings (SSSR count). The highest BCUT2D eigenvalue weighted by Gasteiger charge is 2.48. The Bertz CT molecular complexity index is 2390. The highest BCUT2D eigenvalue weighted by Crippen LogP contribution is 2.53. The van der Waals surface area contributed by atoms with Crippen LogP contribution in [0.15, 0.2) is 84.9 Å². The topological polar surface area (TPSA) is 108 Å². The fraction of sp³-hybridized carbons (Fsp3) is 0.472. The summed E-state index contributed by atoms with van der Waals surface area (Å²) in [5, 5.41) is 2.25. The predicted molar refractivity (Wildman–Crippen MR) is 244 cm³/mol. The minimum Gasteiger partial charge on any atom is -0.489 e. The van der Waals surface area contributed by atoms with E-state index in [2.05, 4.69) is 102 Å². The number of rotatable bonds is 11. The van der Waals surface area contributed by atoms with Crippen LogP contribution in [-0.2, 0) is 16.0 Å². The molecular weight excluding hydrogens is 808 g/mol. The molecule has 0 aromatic heterocycles. The number of hydrogen-bond acceptors (Lipinski definition) is 8. The molecule has 10 nitrogen and oxygen atoms in total. The van der Waals surface area contributed by atoms with E-state index >= 15 is 0 Å². The second-order valence-electron chi connectivity index (χ2n) is 19.4. The maximum Gasteiger partial charge on any atom is 0.262 e. The second kappa shape index (κ2) is 18.1. The number of hydrogen-bond donors (Lipinski definition) is 1. The van der Waals surface area contributed by atoms with E-state index in [4.69, 9.17) is 4.74 Å². The summed E-state index contributed by atoms with van der Waals surface area (Å²) >= 11 is 0. The van der Waals surface area contributed by atoms with Crippen LogP contribution in [0.25, 0.3) is 0 Å². The molecule has 4 unspecified atom stereocenters. The van der Waals surface area contributed by atoms with Crippen molar-refractivity contribution in [1.29, 1.82) is 0 Å². The Labute approximate surface area is 376 Å². The number of halogens is 1. The minimum absolute atomic E-state index is 0.104. The summed E-state index contributed by atoms with van der Waals surface area (Å²) in [7, 11) is 2.24. The summed E-state index contributed by atoms with van der Waals surface area (Å²) in [5.74, 6) is 0.417. The van der Waals surface area contributed by atoms with Gasteiger partial charge in [0.2, 0.25) is 11.8 Å². The zero-order valence-electron chi connectivity index (χ0n) is 37.6.